The number of nitrogens with one attached hydrogen (secondary N) is 1. The first-order valence-electron chi connectivity index (χ1n) is 4.70. The third-order valence-electron chi connectivity index (χ3n) is 2.40. The lowest BCUT2D eigenvalue weighted by molar-refractivity contribution is -0.0510. The monoisotopic (exact) mass is 215 g/mol. The molecule has 0 radical (unpaired) electrons. The van der Waals surface area contributed by atoms with E-state index in [-0.39, 0.29) is 5.75 Å². The fraction of sp³-hybridized carbons (Fsp3) is 0.455. The molecule has 0 aliphatic carbocycles. The first-order valence-corrected chi connectivity index (χ1v) is 4.70. The Morgan fingerprint density at radius 3 is 2.40 bits per heavy atom. The van der Waals surface area contributed by atoms with Gasteiger partial charge in [-0.15, -0.1) is 0 Å². The summed E-state index contributed by atoms with van der Waals surface area (Å²) in [4.78, 5) is 0. The van der Waals surface area contributed by atoms with E-state index in [1.54, 1.807) is 31.3 Å². The maximum atomic E-state index is 12.2. The summed E-state index contributed by atoms with van der Waals surface area (Å²) in [5.74, 6) is 0.215. The minimum Gasteiger partial charge on any atom is -0.434 e. The number of rotatable bonds is 4. The summed E-state index contributed by atoms with van der Waals surface area (Å²) in [6.45, 7) is 1.01. The van der Waals surface area contributed by atoms with Crippen LogP contribution in [0.5, 0.6) is 5.75 Å². The zero-order valence-corrected chi connectivity index (χ0v) is 9.05. The minimum absolute atomic E-state index is 0.215. The number of ether oxygens (including phenoxy) is 1. The van der Waals surface area contributed by atoms with Gasteiger partial charge in [-0.25, -0.2) is 0 Å². The molecular formula is C11H15F2NO. The average molecular weight is 215 g/mol. The minimum atomic E-state index is -2.79. The van der Waals surface area contributed by atoms with Crippen molar-refractivity contribution in [3.63, 3.8) is 0 Å². The molecule has 0 saturated heterocycles. The molecule has 0 atom stereocenters. The highest BCUT2D eigenvalue weighted by Gasteiger charge is 2.23. The second kappa shape index (κ2) is 4.57. The molecule has 84 valence electrons. The van der Waals surface area contributed by atoms with Crippen LogP contribution in [0.3, 0.4) is 0 Å². The van der Waals surface area contributed by atoms with E-state index in [0.29, 0.717) is 5.56 Å². The van der Waals surface area contributed by atoms with Crippen molar-refractivity contribution in [3.8, 4) is 5.75 Å². The van der Waals surface area contributed by atoms with Gasteiger partial charge in [-0.05, 0) is 27.0 Å². The van der Waals surface area contributed by atoms with Crippen LogP contribution in [0.25, 0.3) is 0 Å². The van der Waals surface area contributed by atoms with Crippen LogP contribution in [0, 0.1) is 0 Å². The Balaban J connectivity index is 3.06. The molecule has 0 unspecified atom stereocenters. The van der Waals surface area contributed by atoms with E-state index < -0.39 is 12.2 Å². The molecule has 0 saturated carbocycles. The zero-order chi connectivity index (χ0) is 11.5. The molecule has 0 heterocycles. The van der Waals surface area contributed by atoms with E-state index in [9.17, 15) is 8.78 Å². The van der Waals surface area contributed by atoms with E-state index in [2.05, 4.69) is 10.1 Å². The van der Waals surface area contributed by atoms with Gasteiger partial charge in [0.25, 0.3) is 0 Å². The molecule has 1 rings (SSSR count). The molecule has 0 fully saturated rings. The van der Waals surface area contributed by atoms with Gasteiger partial charge in [-0.1, -0.05) is 18.2 Å². The van der Waals surface area contributed by atoms with Crippen LogP contribution >= 0.6 is 0 Å². The number of hydrogen-bond acceptors (Lipinski definition) is 2. The molecule has 2 nitrogen and oxygen atoms in total. The summed E-state index contributed by atoms with van der Waals surface area (Å²) in [7, 11) is 1.78. The van der Waals surface area contributed by atoms with Crippen molar-refractivity contribution in [2.45, 2.75) is 26.0 Å². The highest BCUT2D eigenvalue weighted by atomic mass is 19.3. The standard InChI is InChI=1S/C11H15F2NO/c1-11(2,14-3)8-6-4-5-7-9(8)15-10(12)13/h4-7,10,14H,1-3H3. The fourth-order valence-corrected chi connectivity index (χ4v) is 1.32. The van der Waals surface area contributed by atoms with Crippen LogP contribution in [0.2, 0.25) is 0 Å². The number of benzene rings is 1. The first-order chi connectivity index (χ1) is 6.97. The molecule has 1 N–H and O–H groups in total. The van der Waals surface area contributed by atoms with Crippen LogP contribution in [-0.2, 0) is 5.54 Å². The largest absolute Gasteiger partial charge is 0.434 e. The Morgan fingerprint density at radius 1 is 1.27 bits per heavy atom. The molecule has 1 aromatic carbocycles. The first kappa shape index (κ1) is 11.9. The molecule has 0 aliphatic heterocycles. The Hall–Kier alpha value is -1.16. The van der Waals surface area contributed by atoms with Crippen molar-refractivity contribution < 1.29 is 13.5 Å². The number of halogens is 2. The lowest BCUT2D eigenvalue weighted by atomic mass is 9.94. The van der Waals surface area contributed by atoms with E-state index in [0.717, 1.165) is 0 Å². The molecule has 15 heavy (non-hydrogen) atoms. The summed E-state index contributed by atoms with van der Waals surface area (Å²) in [5, 5.41) is 3.05. The molecule has 0 spiro atoms. The predicted octanol–water partition coefficient (Wildman–Crippen LogP) is 2.74. The number of hydrogen-bond donors (Lipinski definition) is 1. The van der Waals surface area contributed by atoms with E-state index in [4.69, 9.17) is 0 Å². The Morgan fingerprint density at radius 2 is 1.87 bits per heavy atom. The van der Waals surface area contributed by atoms with E-state index in [1.165, 1.54) is 0 Å². The normalized spacial score (nSPS) is 11.9. The molecule has 1 aromatic rings. The van der Waals surface area contributed by atoms with Crippen molar-refractivity contribution in [3.05, 3.63) is 29.8 Å². The zero-order valence-electron chi connectivity index (χ0n) is 9.05. The predicted molar refractivity (Wildman–Crippen MR) is 55.2 cm³/mol. The highest BCUT2D eigenvalue weighted by molar-refractivity contribution is 5.38. The van der Waals surface area contributed by atoms with Crippen LogP contribution in [0.15, 0.2) is 24.3 Å². The lowest BCUT2D eigenvalue weighted by Gasteiger charge is -2.26. The van der Waals surface area contributed by atoms with Gasteiger partial charge in [0.05, 0.1) is 0 Å². The molecule has 0 aliphatic rings. The second-order valence-corrected chi connectivity index (χ2v) is 3.75. The summed E-state index contributed by atoms with van der Waals surface area (Å²) in [5.41, 5.74) is 0.318. The number of para-hydroxylation sites is 1. The third kappa shape index (κ3) is 2.89. The van der Waals surface area contributed by atoms with Gasteiger partial charge >= 0.3 is 6.61 Å². The maximum absolute atomic E-state index is 12.2. The van der Waals surface area contributed by atoms with Crippen LogP contribution in [0.4, 0.5) is 8.78 Å². The van der Waals surface area contributed by atoms with Gasteiger partial charge in [0.2, 0.25) is 0 Å². The van der Waals surface area contributed by atoms with Crippen molar-refractivity contribution in [1.29, 1.82) is 0 Å². The molecule has 0 aromatic heterocycles. The maximum Gasteiger partial charge on any atom is 0.387 e. The average Bonchev–Trinajstić information content (AvgIpc) is 2.17. The van der Waals surface area contributed by atoms with E-state index >= 15 is 0 Å². The molecular weight excluding hydrogens is 200 g/mol. The van der Waals surface area contributed by atoms with Gasteiger partial charge in [0.15, 0.2) is 0 Å². The summed E-state index contributed by atoms with van der Waals surface area (Å²) < 4.78 is 28.8. The quantitative estimate of drug-likeness (QED) is 0.833. The topological polar surface area (TPSA) is 21.3 Å². The Bertz CT molecular complexity index is 326. The second-order valence-electron chi connectivity index (χ2n) is 3.75. The van der Waals surface area contributed by atoms with Gasteiger partial charge in [0.1, 0.15) is 5.75 Å². The van der Waals surface area contributed by atoms with Crippen molar-refractivity contribution in [2.24, 2.45) is 0 Å². The van der Waals surface area contributed by atoms with Crippen molar-refractivity contribution in [1.82, 2.24) is 5.32 Å². The van der Waals surface area contributed by atoms with Gasteiger partial charge in [0, 0.05) is 11.1 Å². The summed E-state index contributed by atoms with van der Waals surface area (Å²) >= 11 is 0. The van der Waals surface area contributed by atoms with Crippen molar-refractivity contribution in [2.75, 3.05) is 7.05 Å². The molecule has 4 heteroatoms. The lowest BCUT2D eigenvalue weighted by Crippen LogP contribution is -2.33. The summed E-state index contributed by atoms with van der Waals surface area (Å²) in [6, 6.07) is 6.79. The van der Waals surface area contributed by atoms with Crippen LogP contribution in [0.1, 0.15) is 19.4 Å². The molecule has 0 bridgehead atoms. The fourth-order valence-electron chi connectivity index (χ4n) is 1.32. The highest BCUT2D eigenvalue weighted by Crippen LogP contribution is 2.29. The Labute approximate surface area is 88.3 Å². The third-order valence-corrected chi connectivity index (χ3v) is 2.40. The summed E-state index contributed by atoms with van der Waals surface area (Å²) in [6.07, 6.45) is 0. The van der Waals surface area contributed by atoms with Gasteiger partial charge < -0.3 is 10.1 Å². The van der Waals surface area contributed by atoms with Crippen LogP contribution < -0.4 is 10.1 Å². The number of alkyl halides is 2. The smallest absolute Gasteiger partial charge is 0.387 e. The van der Waals surface area contributed by atoms with Gasteiger partial charge in [-0.3, -0.25) is 0 Å². The SMILES string of the molecule is CNC(C)(C)c1ccccc1OC(F)F. The van der Waals surface area contributed by atoms with E-state index in [1.807, 2.05) is 13.8 Å². The molecule has 0 amide bonds. The Kier molecular flexibility index (Phi) is 3.63. The van der Waals surface area contributed by atoms with Gasteiger partial charge in [-0.2, -0.15) is 8.78 Å². The van der Waals surface area contributed by atoms with Crippen molar-refractivity contribution >= 4 is 0 Å². The van der Waals surface area contributed by atoms with Crippen LogP contribution in [-0.4, -0.2) is 13.7 Å².